The number of hydrogen-bond acceptors (Lipinski definition) is 4. The van der Waals surface area contributed by atoms with Gasteiger partial charge < -0.3 is 10.4 Å². The van der Waals surface area contributed by atoms with Gasteiger partial charge in [0.2, 0.25) is 0 Å². The second-order valence-corrected chi connectivity index (χ2v) is 5.99. The molecule has 0 bridgehead atoms. The highest BCUT2D eigenvalue weighted by Gasteiger charge is 1.92. The fourth-order valence-electron chi connectivity index (χ4n) is 2.58. The van der Waals surface area contributed by atoms with Crippen LogP contribution in [0.2, 0.25) is 0 Å². The number of hydrogen-bond donors (Lipinski definition) is 2. The standard InChI is InChI=1S/2C12H10.C2H4N2O2/c2*1-3-7-11(8-4-1)12-9-5-2-6-10-12;5-3-1-2-4-6/h2*1-10H;1-2,5-6H/b;;3-1+,4-2+. The fourth-order valence-corrected chi connectivity index (χ4v) is 2.58. The van der Waals surface area contributed by atoms with Crippen molar-refractivity contribution in [2.24, 2.45) is 10.3 Å². The fraction of sp³-hybridized carbons (Fsp3) is 0. The van der Waals surface area contributed by atoms with Crippen LogP contribution in [0.4, 0.5) is 0 Å². The Morgan fingerprint density at radius 1 is 0.367 bits per heavy atom. The molecule has 0 spiro atoms. The third kappa shape index (κ3) is 8.23. The third-order valence-corrected chi connectivity index (χ3v) is 3.96. The molecule has 4 aromatic rings. The highest BCUT2D eigenvalue weighted by atomic mass is 16.4. The van der Waals surface area contributed by atoms with Gasteiger partial charge in [0.1, 0.15) is 0 Å². The van der Waals surface area contributed by atoms with Crippen molar-refractivity contribution >= 4 is 12.4 Å². The first kappa shape index (κ1) is 22.1. The molecule has 4 rings (SSSR count). The second-order valence-electron chi connectivity index (χ2n) is 5.99. The largest absolute Gasteiger partial charge is 0.411 e. The summed E-state index contributed by atoms with van der Waals surface area (Å²) in [6.07, 6.45) is 1.89. The molecule has 0 aliphatic heterocycles. The lowest BCUT2D eigenvalue weighted by molar-refractivity contribution is 0.317. The molecular weight excluding hydrogens is 372 g/mol. The van der Waals surface area contributed by atoms with Crippen molar-refractivity contribution < 1.29 is 10.4 Å². The Labute approximate surface area is 177 Å². The molecule has 30 heavy (non-hydrogen) atoms. The molecule has 150 valence electrons. The van der Waals surface area contributed by atoms with Crippen molar-refractivity contribution in [3.63, 3.8) is 0 Å². The van der Waals surface area contributed by atoms with Gasteiger partial charge in [-0.3, -0.25) is 0 Å². The normalized spacial score (nSPS) is 10.0. The minimum atomic E-state index is 0.944. The predicted molar refractivity (Wildman–Crippen MR) is 124 cm³/mol. The molecule has 2 N–H and O–H groups in total. The van der Waals surface area contributed by atoms with Gasteiger partial charge in [0.25, 0.3) is 0 Å². The average molecular weight is 396 g/mol. The first-order chi connectivity index (χ1) is 14.8. The highest BCUT2D eigenvalue weighted by molar-refractivity contribution is 6.15. The van der Waals surface area contributed by atoms with E-state index in [4.69, 9.17) is 10.4 Å². The number of nitrogens with zero attached hydrogens (tertiary/aromatic N) is 2. The highest BCUT2D eigenvalue weighted by Crippen LogP contribution is 2.18. The summed E-state index contributed by atoms with van der Waals surface area (Å²) in [5.41, 5.74) is 5.10. The zero-order valence-corrected chi connectivity index (χ0v) is 16.5. The van der Waals surface area contributed by atoms with Crippen molar-refractivity contribution in [2.45, 2.75) is 0 Å². The number of rotatable bonds is 3. The van der Waals surface area contributed by atoms with Gasteiger partial charge in [-0.05, 0) is 22.3 Å². The zero-order valence-electron chi connectivity index (χ0n) is 16.5. The van der Waals surface area contributed by atoms with E-state index in [2.05, 4.69) is 107 Å². The molecule has 0 atom stereocenters. The third-order valence-electron chi connectivity index (χ3n) is 3.96. The molecule has 0 heterocycles. The summed E-state index contributed by atoms with van der Waals surface area (Å²) in [7, 11) is 0. The van der Waals surface area contributed by atoms with E-state index in [0.717, 1.165) is 12.4 Å². The van der Waals surface area contributed by atoms with Crippen molar-refractivity contribution in [3.8, 4) is 22.3 Å². The molecule has 0 unspecified atom stereocenters. The molecular formula is C26H24N2O2. The van der Waals surface area contributed by atoms with E-state index in [-0.39, 0.29) is 0 Å². The quantitative estimate of drug-likeness (QED) is 0.232. The van der Waals surface area contributed by atoms with Crippen LogP contribution in [0, 0.1) is 0 Å². The van der Waals surface area contributed by atoms with Crippen molar-refractivity contribution in [3.05, 3.63) is 121 Å². The predicted octanol–water partition coefficient (Wildman–Crippen LogP) is 6.61. The maximum Gasteiger partial charge on any atom is 0.0877 e. The molecule has 4 aromatic carbocycles. The average Bonchev–Trinajstić information content (AvgIpc) is 2.86. The summed E-state index contributed by atoms with van der Waals surface area (Å²) in [5.74, 6) is 0. The van der Waals surface area contributed by atoms with E-state index in [1.54, 1.807) is 0 Å². The maximum atomic E-state index is 7.56. The van der Waals surface area contributed by atoms with Crippen LogP contribution < -0.4 is 0 Å². The topological polar surface area (TPSA) is 65.2 Å². The van der Waals surface area contributed by atoms with Crippen LogP contribution in [-0.4, -0.2) is 22.8 Å². The summed E-state index contributed by atoms with van der Waals surface area (Å²) < 4.78 is 0. The smallest absolute Gasteiger partial charge is 0.0877 e. The van der Waals surface area contributed by atoms with Crippen LogP contribution in [0.1, 0.15) is 0 Å². The number of oxime groups is 2. The summed E-state index contributed by atoms with van der Waals surface area (Å²) >= 11 is 0. The van der Waals surface area contributed by atoms with Gasteiger partial charge in [-0.1, -0.05) is 132 Å². The summed E-state index contributed by atoms with van der Waals surface area (Å²) in [5, 5.41) is 20.1. The summed E-state index contributed by atoms with van der Waals surface area (Å²) in [6, 6.07) is 41.6. The molecule has 0 aromatic heterocycles. The maximum absolute atomic E-state index is 7.56. The van der Waals surface area contributed by atoms with Gasteiger partial charge in [-0.15, -0.1) is 0 Å². The Balaban J connectivity index is 0.000000171. The second kappa shape index (κ2) is 13.9. The molecule has 4 heteroatoms. The van der Waals surface area contributed by atoms with Crippen LogP contribution in [-0.2, 0) is 0 Å². The molecule has 0 saturated carbocycles. The van der Waals surface area contributed by atoms with Crippen LogP contribution in [0.3, 0.4) is 0 Å². The van der Waals surface area contributed by atoms with Crippen molar-refractivity contribution in [2.75, 3.05) is 0 Å². The SMILES string of the molecule is O/N=C/C=N/O.c1ccc(-c2ccccc2)cc1.c1ccc(-c2ccccc2)cc1. The molecule has 0 saturated heterocycles. The zero-order chi connectivity index (χ0) is 21.3. The molecule has 0 aliphatic carbocycles. The van der Waals surface area contributed by atoms with E-state index < -0.39 is 0 Å². The summed E-state index contributed by atoms with van der Waals surface area (Å²) in [6.45, 7) is 0. The van der Waals surface area contributed by atoms with Crippen LogP contribution in [0.15, 0.2) is 132 Å². The van der Waals surface area contributed by atoms with E-state index in [9.17, 15) is 0 Å². The van der Waals surface area contributed by atoms with Gasteiger partial charge in [0.05, 0.1) is 12.4 Å². The lowest BCUT2D eigenvalue weighted by Crippen LogP contribution is -1.73. The molecule has 0 amide bonds. The van der Waals surface area contributed by atoms with Gasteiger partial charge in [-0.25, -0.2) is 0 Å². The molecule has 0 fully saturated rings. The van der Waals surface area contributed by atoms with Crippen molar-refractivity contribution in [1.82, 2.24) is 0 Å². The van der Waals surface area contributed by atoms with Gasteiger partial charge in [0.15, 0.2) is 0 Å². The van der Waals surface area contributed by atoms with E-state index in [1.165, 1.54) is 22.3 Å². The van der Waals surface area contributed by atoms with E-state index >= 15 is 0 Å². The summed E-state index contributed by atoms with van der Waals surface area (Å²) in [4.78, 5) is 0. The Morgan fingerprint density at radius 3 is 0.733 bits per heavy atom. The lowest BCUT2D eigenvalue weighted by Gasteiger charge is -1.98. The van der Waals surface area contributed by atoms with Crippen LogP contribution >= 0.6 is 0 Å². The van der Waals surface area contributed by atoms with E-state index in [0.29, 0.717) is 0 Å². The molecule has 0 aliphatic rings. The Bertz CT molecular complexity index is 828. The Hall–Kier alpha value is -4.18. The first-order valence-electron chi connectivity index (χ1n) is 9.39. The minimum absolute atomic E-state index is 0.944. The van der Waals surface area contributed by atoms with Crippen LogP contribution in [0.25, 0.3) is 22.3 Å². The van der Waals surface area contributed by atoms with Crippen molar-refractivity contribution in [1.29, 1.82) is 0 Å². The molecule has 0 radical (unpaired) electrons. The minimum Gasteiger partial charge on any atom is -0.411 e. The lowest BCUT2D eigenvalue weighted by atomic mass is 10.1. The monoisotopic (exact) mass is 396 g/mol. The Morgan fingerprint density at radius 2 is 0.567 bits per heavy atom. The Kier molecular flexibility index (Phi) is 10.3. The van der Waals surface area contributed by atoms with Crippen LogP contribution in [0.5, 0.6) is 0 Å². The van der Waals surface area contributed by atoms with Gasteiger partial charge in [-0.2, -0.15) is 0 Å². The number of benzene rings is 4. The van der Waals surface area contributed by atoms with E-state index in [1.807, 2.05) is 24.3 Å². The first-order valence-corrected chi connectivity index (χ1v) is 9.39. The molecule has 4 nitrogen and oxygen atoms in total. The van der Waals surface area contributed by atoms with Gasteiger partial charge in [0, 0.05) is 0 Å². The van der Waals surface area contributed by atoms with Gasteiger partial charge >= 0.3 is 0 Å².